The van der Waals surface area contributed by atoms with Crippen LogP contribution < -0.4 is 16.1 Å². The van der Waals surface area contributed by atoms with E-state index in [1.165, 1.54) is 0 Å². The van der Waals surface area contributed by atoms with E-state index in [-0.39, 0.29) is 6.04 Å². The lowest BCUT2D eigenvalue weighted by Crippen LogP contribution is -2.33. The fourth-order valence-corrected chi connectivity index (χ4v) is 1.40. The normalized spacial score (nSPS) is 15.2. The summed E-state index contributed by atoms with van der Waals surface area (Å²) >= 11 is 0. The molecule has 0 radical (unpaired) electrons. The highest BCUT2D eigenvalue weighted by atomic mass is 31.2. The summed E-state index contributed by atoms with van der Waals surface area (Å²) in [7, 11) is -1.53. The summed E-state index contributed by atoms with van der Waals surface area (Å²) in [5.74, 6) is 0. The summed E-state index contributed by atoms with van der Waals surface area (Å²) in [6.07, 6.45) is 0. The molecule has 0 aliphatic carbocycles. The summed E-state index contributed by atoms with van der Waals surface area (Å²) in [4.78, 5) is 0. The van der Waals surface area contributed by atoms with Crippen molar-refractivity contribution in [2.75, 3.05) is 13.7 Å². The molecule has 0 aliphatic rings. The van der Waals surface area contributed by atoms with Gasteiger partial charge in [0.2, 0.25) is 0 Å². The highest BCUT2D eigenvalue weighted by molar-refractivity contribution is 7.56. The average molecular weight is 167 g/mol. The average Bonchev–Trinajstić information content (AvgIpc) is 1.59. The molecule has 0 bridgehead atoms. The molecule has 0 aromatic carbocycles. The van der Waals surface area contributed by atoms with Gasteiger partial charge < -0.3 is 4.74 Å². The van der Waals surface area contributed by atoms with Crippen molar-refractivity contribution in [1.82, 2.24) is 5.09 Å². The van der Waals surface area contributed by atoms with Crippen LogP contribution >= 0.6 is 7.59 Å². The van der Waals surface area contributed by atoms with Crippen LogP contribution in [-0.4, -0.2) is 19.8 Å². The number of rotatable bonds is 4. The zero-order valence-corrected chi connectivity index (χ0v) is 7.10. The minimum atomic E-state index is -3.08. The molecule has 5 N–H and O–H groups in total. The Balaban J connectivity index is 3.58. The van der Waals surface area contributed by atoms with Gasteiger partial charge in [-0.05, 0) is 6.92 Å². The largest absolute Gasteiger partial charge is 0.383 e. The monoisotopic (exact) mass is 167 g/mol. The fourth-order valence-electron chi connectivity index (χ4n) is 0.632. The van der Waals surface area contributed by atoms with E-state index in [4.69, 9.17) is 15.7 Å². The summed E-state index contributed by atoms with van der Waals surface area (Å²) in [5.41, 5.74) is 10.1. The minimum Gasteiger partial charge on any atom is -0.383 e. The van der Waals surface area contributed by atoms with Crippen LogP contribution in [0.25, 0.3) is 0 Å². The van der Waals surface area contributed by atoms with Crippen LogP contribution in [0.2, 0.25) is 0 Å². The molecule has 0 spiro atoms. The van der Waals surface area contributed by atoms with Crippen molar-refractivity contribution in [1.29, 1.82) is 0 Å². The van der Waals surface area contributed by atoms with E-state index in [9.17, 15) is 4.57 Å². The van der Waals surface area contributed by atoms with E-state index in [1.807, 2.05) is 0 Å². The molecule has 0 aromatic heterocycles. The molecule has 0 aliphatic heterocycles. The Kier molecular flexibility index (Phi) is 4.08. The number of nitrogens with one attached hydrogen (secondary N) is 1. The van der Waals surface area contributed by atoms with Gasteiger partial charge >= 0.3 is 0 Å². The van der Waals surface area contributed by atoms with E-state index >= 15 is 0 Å². The summed E-state index contributed by atoms with van der Waals surface area (Å²) in [6.45, 7) is 2.23. The SMILES string of the molecule is COC[C@H](C)NP(N)(N)=O. The first-order chi connectivity index (χ1) is 4.45. The van der Waals surface area contributed by atoms with Gasteiger partial charge in [0.05, 0.1) is 6.61 Å². The lowest BCUT2D eigenvalue weighted by Gasteiger charge is -2.14. The zero-order chi connectivity index (χ0) is 8.20. The molecule has 0 rings (SSSR count). The molecule has 0 amide bonds. The van der Waals surface area contributed by atoms with Crippen LogP contribution in [0.1, 0.15) is 6.92 Å². The Morgan fingerprint density at radius 1 is 1.70 bits per heavy atom. The van der Waals surface area contributed by atoms with E-state index in [1.54, 1.807) is 14.0 Å². The Morgan fingerprint density at radius 3 is 2.50 bits per heavy atom. The third-order valence-electron chi connectivity index (χ3n) is 0.839. The predicted molar refractivity (Wildman–Crippen MR) is 40.5 cm³/mol. The second kappa shape index (κ2) is 4.05. The van der Waals surface area contributed by atoms with Gasteiger partial charge in [-0.2, -0.15) is 0 Å². The maximum atomic E-state index is 10.7. The van der Waals surface area contributed by atoms with Gasteiger partial charge in [0, 0.05) is 13.2 Å². The molecule has 0 saturated heterocycles. The number of hydrogen-bond acceptors (Lipinski definition) is 2. The zero-order valence-electron chi connectivity index (χ0n) is 6.20. The maximum Gasteiger partial charge on any atom is 0.274 e. The Morgan fingerprint density at radius 2 is 2.20 bits per heavy atom. The van der Waals surface area contributed by atoms with E-state index in [2.05, 4.69) is 5.09 Å². The van der Waals surface area contributed by atoms with Crippen molar-refractivity contribution < 1.29 is 9.30 Å². The van der Waals surface area contributed by atoms with Crippen molar-refractivity contribution in [2.45, 2.75) is 13.0 Å². The van der Waals surface area contributed by atoms with Crippen LogP contribution in [0, 0.1) is 0 Å². The number of ether oxygens (including phenoxy) is 1. The molecular weight excluding hydrogens is 153 g/mol. The van der Waals surface area contributed by atoms with Crippen molar-refractivity contribution in [2.24, 2.45) is 11.0 Å². The Hall–Kier alpha value is 0.0700. The fraction of sp³-hybridized carbons (Fsp3) is 1.00. The van der Waals surface area contributed by atoms with Gasteiger partial charge in [-0.25, -0.2) is 5.09 Å². The maximum absolute atomic E-state index is 10.7. The van der Waals surface area contributed by atoms with Crippen LogP contribution in [0.4, 0.5) is 0 Å². The van der Waals surface area contributed by atoms with Gasteiger partial charge in [0.25, 0.3) is 7.59 Å². The Labute approximate surface area is 60.6 Å². The second-order valence-corrected chi connectivity index (χ2v) is 3.87. The van der Waals surface area contributed by atoms with Crippen molar-refractivity contribution in [3.05, 3.63) is 0 Å². The third kappa shape index (κ3) is 6.19. The molecule has 0 saturated carbocycles. The highest BCUT2D eigenvalue weighted by Gasteiger charge is 2.11. The Bertz CT molecular complexity index is 134. The molecule has 0 heterocycles. The third-order valence-corrected chi connectivity index (χ3v) is 1.68. The number of nitrogens with two attached hydrogens (primary N) is 2. The van der Waals surface area contributed by atoms with Crippen molar-refractivity contribution in [3.8, 4) is 0 Å². The minimum absolute atomic E-state index is 0.0779. The smallest absolute Gasteiger partial charge is 0.274 e. The number of methoxy groups -OCH3 is 1. The van der Waals surface area contributed by atoms with Crippen molar-refractivity contribution in [3.63, 3.8) is 0 Å². The topological polar surface area (TPSA) is 90.4 Å². The first-order valence-corrected chi connectivity index (χ1v) is 4.74. The van der Waals surface area contributed by atoms with Crippen LogP contribution in [0.3, 0.4) is 0 Å². The lowest BCUT2D eigenvalue weighted by molar-refractivity contribution is 0.180. The van der Waals surface area contributed by atoms with Gasteiger partial charge in [-0.15, -0.1) is 0 Å². The molecule has 10 heavy (non-hydrogen) atoms. The predicted octanol–water partition coefficient (Wildman–Crippen LogP) is -0.364. The van der Waals surface area contributed by atoms with Gasteiger partial charge in [0.1, 0.15) is 0 Å². The molecular formula is C4H14N3O2P. The standard InChI is InChI=1S/C4H14N3O2P/c1-4(3-9-2)7-10(5,6)8/h4H,3H2,1-2H3,(H5,5,6,7,8)/t4-/m0/s1. The van der Waals surface area contributed by atoms with E-state index in [0.29, 0.717) is 6.61 Å². The first kappa shape index (κ1) is 10.1. The summed E-state index contributed by atoms with van der Waals surface area (Å²) in [5, 5.41) is 2.51. The van der Waals surface area contributed by atoms with Gasteiger partial charge in [0.15, 0.2) is 0 Å². The van der Waals surface area contributed by atoms with E-state index < -0.39 is 7.59 Å². The second-order valence-electron chi connectivity index (χ2n) is 2.19. The molecule has 5 nitrogen and oxygen atoms in total. The van der Waals surface area contributed by atoms with Gasteiger partial charge in [-0.1, -0.05) is 0 Å². The quantitative estimate of drug-likeness (QED) is 0.497. The summed E-state index contributed by atoms with van der Waals surface area (Å²) in [6, 6.07) is -0.0779. The molecule has 62 valence electrons. The molecule has 0 fully saturated rings. The van der Waals surface area contributed by atoms with Gasteiger partial charge in [-0.3, -0.25) is 15.6 Å². The van der Waals surface area contributed by atoms with Crippen LogP contribution in [0.5, 0.6) is 0 Å². The lowest BCUT2D eigenvalue weighted by atomic mass is 10.4. The molecule has 6 heteroatoms. The van der Waals surface area contributed by atoms with Crippen molar-refractivity contribution >= 4 is 7.59 Å². The van der Waals surface area contributed by atoms with Crippen LogP contribution in [-0.2, 0) is 9.30 Å². The summed E-state index contributed by atoms with van der Waals surface area (Å²) < 4.78 is 15.4. The van der Waals surface area contributed by atoms with Crippen LogP contribution in [0.15, 0.2) is 0 Å². The van der Waals surface area contributed by atoms with E-state index in [0.717, 1.165) is 0 Å². The molecule has 0 aromatic rings. The highest BCUT2D eigenvalue weighted by Crippen LogP contribution is 2.18. The molecule has 1 atom stereocenters. The first-order valence-electron chi connectivity index (χ1n) is 2.89. The number of hydrogen-bond donors (Lipinski definition) is 3. The molecule has 0 unspecified atom stereocenters.